The second kappa shape index (κ2) is 6.32. The predicted octanol–water partition coefficient (Wildman–Crippen LogP) is 3.72. The Hall–Kier alpha value is -2.88. The maximum absolute atomic E-state index is 12.8. The Labute approximate surface area is 141 Å². The molecule has 0 saturated carbocycles. The summed E-state index contributed by atoms with van der Waals surface area (Å²) in [5.41, 5.74) is 3.18. The van der Waals surface area contributed by atoms with Crippen LogP contribution in [0.4, 0.5) is 5.69 Å². The lowest BCUT2D eigenvalue weighted by Crippen LogP contribution is -2.36. The minimum atomic E-state index is -0.501. The highest BCUT2D eigenvalue weighted by atomic mass is 16.2. The lowest BCUT2D eigenvalue weighted by molar-refractivity contribution is -0.114. The number of aryl methyl sites for hydroxylation is 2. The molecule has 0 radical (unpaired) electrons. The Morgan fingerprint density at radius 2 is 1.83 bits per heavy atom. The van der Waals surface area contributed by atoms with Crippen LogP contribution >= 0.6 is 0 Å². The fourth-order valence-corrected chi connectivity index (χ4v) is 3.00. The molecular formula is C20H20N2O2. The Morgan fingerprint density at radius 3 is 2.54 bits per heavy atom. The highest BCUT2D eigenvalue weighted by Crippen LogP contribution is 2.23. The molecule has 3 rings (SSSR count). The summed E-state index contributed by atoms with van der Waals surface area (Å²) in [6.45, 7) is 4.28. The number of likely N-dealkylation sites (N-methyl/N-ethyl adjacent to an activating group) is 1. The van der Waals surface area contributed by atoms with Crippen LogP contribution in [0, 0.1) is 6.92 Å². The molecule has 1 aromatic heterocycles. The van der Waals surface area contributed by atoms with Crippen molar-refractivity contribution >= 4 is 28.3 Å². The number of anilines is 1. The van der Waals surface area contributed by atoms with Crippen molar-refractivity contribution in [2.75, 3.05) is 11.4 Å². The number of Topliss-reactive ketones (excluding diaryl/α,β-unsaturated/α-hetero) is 1. The zero-order valence-corrected chi connectivity index (χ0v) is 14.1. The van der Waals surface area contributed by atoms with E-state index >= 15 is 0 Å². The van der Waals surface area contributed by atoms with Crippen molar-refractivity contribution in [1.82, 2.24) is 4.57 Å². The maximum atomic E-state index is 12.8. The van der Waals surface area contributed by atoms with Gasteiger partial charge in [0.05, 0.1) is 5.56 Å². The first kappa shape index (κ1) is 16.0. The number of ketones is 1. The number of amides is 1. The van der Waals surface area contributed by atoms with Gasteiger partial charge in [0.25, 0.3) is 11.7 Å². The molecule has 0 saturated heterocycles. The second-order valence-corrected chi connectivity index (χ2v) is 5.89. The Morgan fingerprint density at radius 1 is 1.08 bits per heavy atom. The molecule has 0 unspecified atom stereocenters. The number of para-hydroxylation sites is 1. The predicted molar refractivity (Wildman–Crippen MR) is 96.5 cm³/mol. The number of benzene rings is 2. The first-order chi connectivity index (χ1) is 11.5. The monoisotopic (exact) mass is 320 g/mol. The zero-order valence-electron chi connectivity index (χ0n) is 14.1. The fourth-order valence-electron chi connectivity index (χ4n) is 3.00. The van der Waals surface area contributed by atoms with E-state index in [4.69, 9.17) is 0 Å². The average molecular weight is 320 g/mol. The van der Waals surface area contributed by atoms with Gasteiger partial charge in [-0.1, -0.05) is 30.3 Å². The number of rotatable bonds is 4. The van der Waals surface area contributed by atoms with E-state index in [1.54, 1.807) is 6.20 Å². The standard InChI is InChI=1S/C20H20N2O2/c1-4-22(15-9-7-8-14(2)12-15)20(24)19(23)17-13-21(3)18-11-6-5-10-16(17)18/h5-13H,4H2,1-3H3. The Kier molecular flexibility index (Phi) is 4.21. The topological polar surface area (TPSA) is 42.3 Å². The SMILES string of the molecule is CCN(C(=O)C(=O)c1cn(C)c2ccccc12)c1cccc(C)c1. The third-order valence-electron chi connectivity index (χ3n) is 4.21. The zero-order chi connectivity index (χ0) is 17.3. The maximum Gasteiger partial charge on any atom is 0.299 e. The second-order valence-electron chi connectivity index (χ2n) is 5.89. The van der Waals surface area contributed by atoms with E-state index in [9.17, 15) is 9.59 Å². The normalized spacial score (nSPS) is 10.8. The summed E-state index contributed by atoms with van der Waals surface area (Å²) in [7, 11) is 1.88. The van der Waals surface area contributed by atoms with Gasteiger partial charge in [0, 0.05) is 36.4 Å². The molecule has 0 bridgehead atoms. The minimum absolute atomic E-state index is 0.443. The minimum Gasteiger partial charge on any atom is -0.350 e. The van der Waals surface area contributed by atoms with E-state index in [-0.39, 0.29) is 0 Å². The number of carbonyl (C=O) groups is 2. The van der Waals surface area contributed by atoms with Crippen molar-refractivity contribution in [3.8, 4) is 0 Å². The number of carbonyl (C=O) groups excluding carboxylic acids is 2. The smallest absolute Gasteiger partial charge is 0.299 e. The van der Waals surface area contributed by atoms with Gasteiger partial charge >= 0.3 is 0 Å². The number of fused-ring (bicyclic) bond motifs is 1. The van der Waals surface area contributed by atoms with E-state index < -0.39 is 11.7 Å². The van der Waals surface area contributed by atoms with Crippen molar-refractivity contribution in [3.05, 3.63) is 65.9 Å². The van der Waals surface area contributed by atoms with Gasteiger partial charge in [-0.05, 0) is 37.6 Å². The van der Waals surface area contributed by atoms with Crippen molar-refractivity contribution < 1.29 is 9.59 Å². The molecule has 3 aromatic rings. The molecule has 1 amide bonds. The summed E-state index contributed by atoms with van der Waals surface area (Å²) >= 11 is 0. The van der Waals surface area contributed by atoms with E-state index in [0.717, 1.165) is 22.2 Å². The number of aromatic nitrogens is 1. The molecule has 0 aliphatic heterocycles. The van der Waals surface area contributed by atoms with E-state index in [0.29, 0.717) is 12.1 Å². The molecule has 4 heteroatoms. The number of hydrogen-bond acceptors (Lipinski definition) is 2. The molecule has 24 heavy (non-hydrogen) atoms. The van der Waals surface area contributed by atoms with Gasteiger partial charge < -0.3 is 9.47 Å². The van der Waals surface area contributed by atoms with Gasteiger partial charge in [0.15, 0.2) is 0 Å². The molecular weight excluding hydrogens is 300 g/mol. The third-order valence-corrected chi connectivity index (χ3v) is 4.21. The third kappa shape index (κ3) is 2.71. The molecule has 2 aromatic carbocycles. The molecule has 0 fully saturated rings. The van der Waals surface area contributed by atoms with Crippen molar-refractivity contribution in [1.29, 1.82) is 0 Å². The summed E-state index contributed by atoms with van der Waals surface area (Å²) in [6, 6.07) is 15.2. The molecule has 0 aliphatic rings. The van der Waals surface area contributed by atoms with Crippen LogP contribution in [0.3, 0.4) is 0 Å². The van der Waals surface area contributed by atoms with Gasteiger partial charge in [-0.15, -0.1) is 0 Å². The molecule has 1 heterocycles. The van der Waals surface area contributed by atoms with Crippen LogP contribution in [0.15, 0.2) is 54.7 Å². The van der Waals surface area contributed by atoms with Crippen molar-refractivity contribution in [3.63, 3.8) is 0 Å². The van der Waals surface area contributed by atoms with E-state index in [1.807, 2.05) is 74.0 Å². The quantitative estimate of drug-likeness (QED) is 0.543. The summed E-state index contributed by atoms with van der Waals surface area (Å²) in [6.07, 6.45) is 1.73. The van der Waals surface area contributed by atoms with Gasteiger partial charge in [-0.3, -0.25) is 9.59 Å². The van der Waals surface area contributed by atoms with E-state index in [2.05, 4.69) is 0 Å². The van der Waals surface area contributed by atoms with Crippen molar-refractivity contribution in [2.24, 2.45) is 7.05 Å². The molecule has 0 atom stereocenters. The van der Waals surface area contributed by atoms with Gasteiger partial charge in [-0.2, -0.15) is 0 Å². The largest absolute Gasteiger partial charge is 0.350 e. The summed E-state index contributed by atoms with van der Waals surface area (Å²) in [4.78, 5) is 27.2. The highest BCUT2D eigenvalue weighted by molar-refractivity contribution is 6.48. The summed E-state index contributed by atoms with van der Waals surface area (Å²) in [5, 5.41) is 0.804. The van der Waals surface area contributed by atoms with Gasteiger partial charge in [0.2, 0.25) is 0 Å². The highest BCUT2D eigenvalue weighted by Gasteiger charge is 2.26. The lowest BCUT2D eigenvalue weighted by atomic mass is 10.1. The van der Waals surface area contributed by atoms with Crippen LogP contribution in [-0.2, 0) is 11.8 Å². The average Bonchev–Trinajstić information content (AvgIpc) is 2.92. The van der Waals surface area contributed by atoms with Crippen LogP contribution in [-0.4, -0.2) is 22.8 Å². The molecule has 0 aliphatic carbocycles. The first-order valence-corrected chi connectivity index (χ1v) is 8.00. The van der Waals surface area contributed by atoms with Gasteiger partial charge in [0.1, 0.15) is 0 Å². The molecule has 122 valence electrons. The number of nitrogens with zero attached hydrogens (tertiary/aromatic N) is 2. The van der Waals surface area contributed by atoms with Crippen LogP contribution in [0.2, 0.25) is 0 Å². The van der Waals surface area contributed by atoms with Crippen LogP contribution in [0.5, 0.6) is 0 Å². The number of hydrogen-bond donors (Lipinski definition) is 0. The molecule has 0 spiro atoms. The Bertz CT molecular complexity index is 924. The van der Waals surface area contributed by atoms with Crippen molar-refractivity contribution in [2.45, 2.75) is 13.8 Å². The van der Waals surface area contributed by atoms with E-state index in [1.165, 1.54) is 4.90 Å². The Balaban J connectivity index is 2.00. The van der Waals surface area contributed by atoms with Crippen LogP contribution in [0.25, 0.3) is 10.9 Å². The van der Waals surface area contributed by atoms with Crippen LogP contribution < -0.4 is 4.90 Å². The van der Waals surface area contributed by atoms with Gasteiger partial charge in [-0.25, -0.2) is 0 Å². The molecule has 4 nitrogen and oxygen atoms in total. The lowest BCUT2D eigenvalue weighted by Gasteiger charge is -2.20. The first-order valence-electron chi connectivity index (χ1n) is 8.00. The fraction of sp³-hybridized carbons (Fsp3) is 0.200. The summed E-state index contributed by atoms with van der Waals surface area (Å²) in [5.74, 6) is -0.977. The van der Waals surface area contributed by atoms with Crippen LogP contribution in [0.1, 0.15) is 22.8 Å². The molecule has 0 N–H and O–H groups in total. The summed E-state index contributed by atoms with van der Waals surface area (Å²) < 4.78 is 1.87.